The lowest BCUT2D eigenvalue weighted by molar-refractivity contribution is -0.141. The SMILES string of the molecule is CC[C@H](C(=O)NC)N(Cc1ccc(OC)cc1)C(=O)CCc1ccc(C(C)(C)C)cc1. The lowest BCUT2D eigenvalue weighted by Crippen LogP contribution is -2.48. The van der Waals surface area contributed by atoms with E-state index >= 15 is 0 Å². The Morgan fingerprint density at radius 2 is 1.58 bits per heavy atom. The summed E-state index contributed by atoms with van der Waals surface area (Å²) in [5.74, 6) is 0.601. The maximum atomic E-state index is 13.2. The van der Waals surface area contributed by atoms with Gasteiger partial charge in [-0.3, -0.25) is 9.59 Å². The van der Waals surface area contributed by atoms with Gasteiger partial charge in [0, 0.05) is 20.0 Å². The Kier molecular flexibility index (Phi) is 8.66. The van der Waals surface area contributed by atoms with E-state index in [9.17, 15) is 9.59 Å². The fourth-order valence-electron chi connectivity index (χ4n) is 3.58. The Balaban J connectivity index is 2.15. The first-order chi connectivity index (χ1) is 14.7. The molecule has 1 N–H and O–H groups in total. The van der Waals surface area contributed by atoms with Gasteiger partial charge in [-0.2, -0.15) is 0 Å². The van der Waals surface area contributed by atoms with Crippen LogP contribution < -0.4 is 10.1 Å². The summed E-state index contributed by atoms with van der Waals surface area (Å²) in [6.07, 6.45) is 1.56. The zero-order chi connectivity index (χ0) is 23.0. The summed E-state index contributed by atoms with van der Waals surface area (Å²) >= 11 is 0. The molecule has 0 saturated heterocycles. The molecule has 0 aromatic heterocycles. The number of nitrogens with zero attached hydrogens (tertiary/aromatic N) is 1. The van der Waals surface area contributed by atoms with Gasteiger partial charge in [0.15, 0.2) is 0 Å². The highest BCUT2D eigenvalue weighted by Crippen LogP contribution is 2.23. The molecule has 2 aromatic carbocycles. The van der Waals surface area contributed by atoms with E-state index in [1.54, 1.807) is 19.1 Å². The molecule has 0 aliphatic heterocycles. The minimum atomic E-state index is -0.497. The van der Waals surface area contributed by atoms with Crippen molar-refractivity contribution in [3.05, 3.63) is 65.2 Å². The molecule has 2 rings (SSSR count). The molecule has 0 saturated carbocycles. The van der Waals surface area contributed by atoms with Crippen LogP contribution in [-0.4, -0.2) is 36.9 Å². The number of ether oxygens (including phenoxy) is 1. The number of hydrogen-bond donors (Lipinski definition) is 1. The highest BCUT2D eigenvalue weighted by Gasteiger charge is 2.27. The lowest BCUT2D eigenvalue weighted by atomic mass is 9.86. The van der Waals surface area contributed by atoms with E-state index in [-0.39, 0.29) is 17.2 Å². The van der Waals surface area contributed by atoms with Gasteiger partial charge in [0.25, 0.3) is 0 Å². The minimum Gasteiger partial charge on any atom is -0.497 e. The predicted molar refractivity (Wildman–Crippen MR) is 125 cm³/mol. The maximum Gasteiger partial charge on any atom is 0.242 e. The van der Waals surface area contributed by atoms with Crippen LogP contribution in [-0.2, 0) is 28.0 Å². The van der Waals surface area contributed by atoms with Gasteiger partial charge in [0.05, 0.1) is 7.11 Å². The van der Waals surface area contributed by atoms with E-state index in [2.05, 4.69) is 50.4 Å². The number of aryl methyl sites for hydroxylation is 1. The molecule has 0 bridgehead atoms. The Morgan fingerprint density at radius 3 is 2.06 bits per heavy atom. The third-order valence-electron chi connectivity index (χ3n) is 5.59. The monoisotopic (exact) mass is 424 g/mol. The lowest BCUT2D eigenvalue weighted by Gasteiger charge is -2.30. The van der Waals surface area contributed by atoms with E-state index < -0.39 is 6.04 Å². The van der Waals surface area contributed by atoms with E-state index in [1.807, 2.05) is 31.2 Å². The molecule has 168 valence electrons. The first-order valence-corrected chi connectivity index (χ1v) is 10.9. The Morgan fingerprint density at radius 1 is 1.00 bits per heavy atom. The van der Waals surface area contributed by atoms with Crippen LogP contribution >= 0.6 is 0 Å². The maximum absolute atomic E-state index is 13.2. The van der Waals surface area contributed by atoms with Gasteiger partial charge in [0.2, 0.25) is 11.8 Å². The molecular formula is C26H36N2O3. The zero-order valence-electron chi connectivity index (χ0n) is 19.7. The number of amides is 2. The summed E-state index contributed by atoms with van der Waals surface area (Å²) in [6, 6.07) is 15.6. The summed E-state index contributed by atoms with van der Waals surface area (Å²) in [6.45, 7) is 8.88. The second-order valence-corrected chi connectivity index (χ2v) is 8.85. The number of hydrogen-bond acceptors (Lipinski definition) is 3. The summed E-state index contributed by atoms with van der Waals surface area (Å²) in [4.78, 5) is 27.4. The van der Waals surface area contributed by atoms with Crippen molar-refractivity contribution in [1.82, 2.24) is 10.2 Å². The molecule has 0 radical (unpaired) electrons. The molecule has 2 aromatic rings. The molecule has 5 heteroatoms. The van der Waals surface area contributed by atoms with Crippen LogP contribution in [0.1, 0.15) is 57.2 Å². The zero-order valence-corrected chi connectivity index (χ0v) is 19.7. The van der Waals surface area contributed by atoms with Gasteiger partial charge in [-0.25, -0.2) is 0 Å². The third kappa shape index (κ3) is 6.84. The van der Waals surface area contributed by atoms with Crippen LogP contribution in [0.15, 0.2) is 48.5 Å². The van der Waals surface area contributed by atoms with Crippen LogP contribution in [0.4, 0.5) is 0 Å². The van der Waals surface area contributed by atoms with E-state index in [4.69, 9.17) is 4.74 Å². The van der Waals surface area contributed by atoms with Crippen LogP contribution in [0, 0.1) is 0 Å². The number of benzene rings is 2. The Labute approximate surface area is 186 Å². The molecule has 31 heavy (non-hydrogen) atoms. The van der Waals surface area contributed by atoms with Crippen molar-refractivity contribution in [2.45, 2.75) is 65.0 Å². The molecule has 0 fully saturated rings. The smallest absolute Gasteiger partial charge is 0.242 e. The molecule has 0 aliphatic carbocycles. The third-order valence-corrected chi connectivity index (χ3v) is 5.59. The van der Waals surface area contributed by atoms with Gasteiger partial charge in [-0.05, 0) is 47.1 Å². The fraction of sp³-hybridized carbons (Fsp3) is 0.462. The second kappa shape index (κ2) is 11.0. The first kappa shape index (κ1) is 24.4. The quantitative estimate of drug-likeness (QED) is 0.646. The minimum absolute atomic E-state index is 0.0221. The van der Waals surface area contributed by atoms with Gasteiger partial charge in [0.1, 0.15) is 11.8 Å². The molecule has 1 atom stereocenters. The standard InChI is InChI=1S/C26H36N2O3/c1-7-23(25(30)27-5)28(18-20-10-15-22(31-6)16-11-20)24(29)17-12-19-8-13-21(14-9-19)26(2,3)4/h8-11,13-16,23H,7,12,17-18H2,1-6H3,(H,27,30)/t23-/m1/s1. The number of nitrogens with one attached hydrogen (secondary N) is 1. The Bertz CT molecular complexity index is 852. The van der Waals surface area contributed by atoms with E-state index in [1.165, 1.54) is 5.56 Å². The highest BCUT2D eigenvalue weighted by molar-refractivity contribution is 5.87. The number of rotatable bonds is 9. The average molecular weight is 425 g/mol. The fourth-order valence-corrected chi connectivity index (χ4v) is 3.58. The molecular weight excluding hydrogens is 388 g/mol. The van der Waals surface area contributed by atoms with Crippen molar-refractivity contribution in [3.8, 4) is 5.75 Å². The number of carbonyl (C=O) groups excluding carboxylic acids is 2. The molecule has 0 unspecified atom stereocenters. The van der Waals surface area contributed by atoms with Crippen LogP contribution in [0.3, 0.4) is 0 Å². The molecule has 5 nitrogen and oxygen atoms in total. The largest absolute Gasteiger partial charge is 0.497 e. The first-order valence-electron chi connectivity index (χ1n) is 10.9. The average Bonchev–Trinajstić information content (AvgIpc) is 2.77. The van der Waals surface area contributed by atoms with Crippen molar-refractivity contribution in [2.75, 3.05) is 14.2 Å². The summed E-state index contributed by atoms with van der Waals surface area (Å²) in [5.41, 5.74) is 3.46. The predicted octanol–water partition coefficient (Wildman–Crippen LogP) is 4.48. The Hall–Kier alpha value is -2.82. The van der Waals surface area contributed by atoms with Gasteiger partial charge < -0.3 is 15.0 Å². The summed E-state index contributed by atoms with van der Waals surface area (Å²) < 4.78 is 5.22. The van der Waals surface area contributed by atoms with Crippen LogP contribution in [0.2, 0.25) is 0 Å². The van der Waals surface area contributed by atoms with Crippen molar-refractivity contribution in [1.29, 1.82) is 0 Å². The van der Waals surface area contributed by atoms with Crippen LogP contribution in [0.5, 0.6) is 5.75 Å². The highest BCUT2D eigenvalue weighted by atomic mass is 16.5. The van der Waals surface area contributed by atoms with Gasteiger partial charge in [-0.1, -0.05) is 64.1 Å². The molecule has 2 amide bonds. The second-order valence-electron chi connectivity index (χ2n) is 8.85. The number of methoxy groups -OCH3 is 1. The summed E-state index contributed by atoms with van der Waals surface area (Å²) in [7, 11) is 3.23. The van der Waals surface area contributed by atoms with E-state index in [0.29, 0.717) is 25.8 Å². The van der Waals surface area contributed by atoms with Crippen molar-refractivity contribution < 1.29 is 14.3 Å². The topological polar surface area (TPSA) is 58.6 Å². The number of carbonyl (C=O) groups is 2. The van der Waals surface area contributed by atoms with Crippen molar-refractivity contribution >= 4 is 11.8 Å². The van der Waals surface area contributed by atoms with Gasteiger partial charge in [-0.15, -0.1) is 0 Å². The normalized spacial score (nSPS) is 12.2. The number of likely N-dealkylation sites (N-methyl/N-ethyl adjacent to an activating group) is 1. The van der Waals surface area contributed by atoms with Crippen molar-refractivity contribution in [2.24, 2.45) is 0 Å². The van der Waals surface area contributed by atoms with E-state index in [0.717, 1.165) is 16.9 Å². The van der Waals surface area contributed by atoms with Gasteiger partial charge >= 0.3 is 0 Å². The van der Waals surface area contributed by atoms with Crippen LogP contribution in [0.25, 0.3) is 0 Å². The molecule has 0 spiro atoms. The molecule has 0 aliphatic rings. The summed E-state index contributed by atoms with van der Waals surface area (Å²) in [5, 5.41) is 2.70. The van der Waals surface area contributed by atoms with Crippen molar-refractivity contribution in [3.63, 3.8) is 0 Å². The molecule has 0 heterocycles.